The maximum Gasteiger partial charge on any atom is 0.410 e. The quantitative estimate of drug-likeness (QED) is 0.707. The molecule has 0 saturated heterocycles. The fraction of sp³-hybridized carbons (Fsp3) is 0.333. The molecule has 27 heavy (non-hydrogen) atoms. The lowest BCUT2D eigenvalue weighted by Crippen LogP contribution is -2.21. The van der Waals surface area contributed by atoms with E-state index in [-0.39, 0.29) is 5.57 Å². The van der Waals surface area contributed by atoms with E-state index in [1.807, 2.05) is 19.9 Å². The number of benzene rings is 2. The molecule has 2 rings (SSSR count). The number of hydrogen-bond acceptors (Lipinski definition) is 3. The van der Waals surface area contributed by atoms with Gasteiger partial charge >= 0.3 is 6.18 Å². The normalized spacial score (nSPS) is 13.4. The van der Waals surface area contributed by atoms with Gasteiger partial charge in [0.05, 0.1) is 19.8 Å². The van der Waals surface area contributed by atoms with Gasteiger partial charge < -0.3 is 14.8 Å². The van der Waals surface area contributed by atoms with Crippen LogP contribution in [0, 0.1) is 6.92 Å². The van der Waals surface area contributed by atoms with Crippen LogP contribution in [0.25, 0.3) is 5.57 Å². The summed E-state index contributed by atoms with van der Waals surface area (Å²) in [6.45, 7) is 4.27. The van der Waals surface area contributed by atoms with Crippen molar-refractivity contribution in [1.29, 1.82) is 0 Å². The van der Waals surface area contributed by atoms with Crippen molar-refractivity contribution in [3.8, 4) is 11.5 Å². The molecule has 1 unspecified atom stereocenters. The number of halogens is 3. The molecule has 0 spiro atoms. The summed E-state index contributed by atoms with van der Waals surface area (Å²) in [5, 5.41) is 3.02. The minimum Gasteiger partial charge on any atom is -0.497 e. The number of rotatable bonds is 7. The third-order valence-corrected chi connectivity index (χ3v) is 4.21. The molecule has 0 fully saturated rings. The van der Waals surface area contributed by atoms with E-state index in [1.54, 1.807) is 43.4 Å². The van der Waals surface area contributed by atoms with Gasteiger partial charge in [0.25, 0.3) is 0 Å². The van der Waals surface area contributed by atoms with Crippen molar-refractivity contribution in [2.24, 2.45) is 0 Å². The molecule has 0 amide bonds. The van der Waals surface area contributed by atoms with Crippen LogP contribution in [0.5, 0.6) is 11.5 Å². The predicted octanol–water partition coefficient (Wildman–Crippen LogP) is 5.31. The van der Waals surface area contributed by atoms with Crippen LogP contribution in [0.4, 0.5) is 13.2 Å². The van der Waals surface area contributed by atoms with Crippen molar-refractivity contribution in [3.63, 3.8) is 0 Å². The summed E-state index contributed by atoms with van der Waals surface area (Å²) >= 11 is 0. The number of nitrogens with one attached hydrogen (secondary N) is 1. The second-order valence-corrected chi connectivity index (χ2v) is 6.04. The van der Waals surface area contributed by atoms with Crippen LogP contribution in [0.2, 0.25) is 0 Å². The first-order valence-electron chi connectivity index (χ1n) is 8.63. The maximum atomic E-state index is 13.3. The maximum absolute atomic E-state index is 13.3. The number of aryl methyl sites for hydroxylation is 1. The van der Waals surface area contributed by atoms with Crippen LogP contribution in [0.1, 0.15) is 29.7 Å². The molecule has 3 nitrogen and oxygen atoms in total. The van der Waals surface area contributed by atoms with Crippen molar-refractivity contribution in [1.82, 2.24) is 5.32 Å². The zero-order chi connectivity index (χ0) is 20.0. The highest BCUT2D eigenvalue weighted by Gasteiger charge is 2.29. The van der Waals surface area contributed by atoms with Crippen molar-refractivity contribution >= 4 is 5.57 Å². The lowest BCUT2D eigenvalue weighted by atomic mass is 9.90. The van der Waals surface area contributed by atoms with Crippen molar-refractivity contribution < 1.29 is 22.6 Å². The molecule has 0 saturated carbocycles. The van der Waals surface area contributed by atoms with Gasteiger partial charge in [-0.05, 0) is 67.4 Å². The minimum absolute atomic E-state index is 0.139. The van der Waals surface area contributed by atoms with E-state index in [4.69, 9.17) is 9.47 Å². The highest BCUT2D eigenvalue weighted by Crippen LogP contribution is 2.36. The lowest BCUT2D eigenvalue weighted by Gasteiger charge is -2.24. The van der Waals surface area contributed by atoms with Gasteiger partial charge in [-0.15, -0.1) is 0 Å². The molecular formula is C21H24F3NO2. The summed E-state index contributed by atoms with van der Waals surface area (Å²) in [7, 11) is 3.16. The van der Waals surface area contributed by atoms with Crippen LogP contribution in [0.3, 0.4) is 0 Å². The molecule has 146 valence electrons. The van der Waals surface area contributed by atoms with Gasteiger partial charge in [-0.3, -0.25) is 0 Å². The fourth-order valence-corrected chi connectivity index (χ4v) is 3.00. The standard InChI is InChI=1S/C21H24F3NO2/c1-5-27-17-10-11-18(14(2)12-17)20(25-3)19(13-21(22,23)24)15-6-8-16(26-4)9-7-15/h6-13,20,25H,5H2,1-4H3/b19-13+. The van der Waals surface area contributed by atoms with E-state index in [2.05, 4.69) is 5.32 Å². The van der Waals surface area contributed by atoms with E-state index in [0.29, 0.717) is 29.7 Å². The number of ether oxygens (including phenoxy) is 2. The number of likely N-dealkylation sites (N-methyl/N-ethyl adjacent to an activating group) is 1. The van der Waals surface area contributed by atoms with E-state index in [1.165, 1.54) is 7.11 Å². The van der Waals surface area contributed by atoms with Crippen molar-refractivity contribution in [2.45, 2.75) is 26.1 Å². The van der Waals surface area contributed by atoms with Crippen LogP contribution in [-0.4, -0.2) is 26.9 Å². The van der Waals surface area contributed by atoms with Gasteiger partial charge in [0.2, 0.25) is 0 Å². The molecule has 6 heteroatoms. The molecule has 0 aromatic heterocycles. The molecule has 0 bridgehead atoms. The fourth-order valence-electron chi connectivity index (χ4n) is 3.00. The monoisotopic (exact) mass is 379 g/mol. The third kappa shape index (κ3) is 5.50. The number of allylic oxidation sites excluding steroid dienone is 1. The molecule has 1 atom stereocenters. The molecule has 0 radical (unpaired) electrons. The van der Waals surface area contributed by atoms with Crippen LogP contribution < -0.4 is 14.8 Å². The van der Waals surface area contributed by atoms with Crippen molar-refractivity contribution in [3.05, 3.63) is 65.2 Å². The Morgan fingerprint density at radius 1 is 1.11 bits per heavy atom. The third-order valence-electron chi connectivity index (χ3n) is 4.21. The van der Waals surface area contributed by atoms with Crippen molar-refractivity contribution in [2.75, 3.05) is 20.8 Å². The van der Waals surface area contributed by atoms with Gasteiger partial charge in [-0.25, -0.2) is 0 Å². The zero-order valence-electron chi connectivity index (χ0n) is 15.9. The first-order valence-corrected chi connectivity index (χ1v) is 8.63. The molecule has 2 aromatic rings. The number of methoxy groups -OCH3 is 1. The first-order chi connectivity index (χ1) is 12.8. The van der Waals surface area contributed by atoms with Crippen LogP contribution in [-0.2, 0) is 0 Å². The van der Waals surface area contributed by atoms with Gasteiger partial charge in [0, 0.05) is 6.08 Å². The molecule has 0 heterocycles. The Labute approximate surface area is 157 Å². The summed E-state index contributed by atoms with van der Waals surface area (Å²) in [6.07, 6.45) is -4.09. The first kappa shape index (κ1) is 20.8. The van der Waals surface area contributed by atoms with Gasteiger partial charge in [0.15, 0.2) is 0 Å². The molecule has 2 aromatic carbocycles. The van der Waals surface area contributed by atoms with E-state index in [9.17, 15) is 13.2 Å². The van der Waals surface area contributed by atoms with E-state index in [0.717, 1.165) is 11.1 Å². The minimum atomic E-state index is -4.44. The average molecular weight is 379 g/mol. The Balaban J connectivity index is 2.53. The predicted molar refractivity (Wildman–Crippen MR) is 101 cm³/mol. The Hall–Kier alpha value is -2.47. The topological polar surface area (TPSA) is 30.5 Å². The van der Waals surface area contributed by atoms with Gasteiger partial charge in [-0.1, -0.05) is 18.2 Å². The second kappa shape index (κ2) is 8.95. The van der Waals surface area contributed by atoms with Crippen LogP contribution in [0.15, 0.2) is 48.5 Å². The highest BCUT2D eigenvalue weighted by molar-refractivity contribution is 5.73. The lowest BCUT2D eigenvalue weighted by molar-refractivity contribution is -0.0795. The Bertz CT molecular complexity index is 783. The van der Waals surface area contributed by atoms with Gasteiger partial charge in [-0.2, -0.15) is 13.2 Å². The average Bonchev–Trinajstić information content (AvgIpc) is 2.62. The molecule has 0 aliphatic heterocycles. The summed E-state index contributed by atoms with van der Waals surface area (Å²) in [5.74, 6) is 1.28. The molecule has 0 aliphatic rings. The second-order valence-electron chi connectivity index (χ2n) is 6.04. The smallest absolute Gasteiger partial charge is 0.410 e. The Kier molecular flexibility index (Phi) is 6.91. The SMILES string of the molecule is CCOc1ccc(C(NC)/C(=C/C(F)(F)F)c2ccc(OC)cc2)c(C)c1. The van der Waals surface area contributed by atoms with E-state index < -0.39 is 12.2 Å². The number of hydrogen-bond donors (Lipinski definition) is 1. The Morgan fingerprint density at radius 3 is 2.22 bits per heavy atom. The summed E-state index contributed by atoms with van der Waals surface area (Å²) in [4.78, 5) is 0. The number of alkyl halides is 3. The molecular weight excluding hydrogens is 355 g/mol. The summed E-state index contributed by atoms with van der Waals surface area (Å²) < 4.78 is 50.4. The largest absolute Gasteiger partial charge is 0.497 e. The highest BCUT2D eigenvalue weighted by atomic mass is 19.4. The molecule has 1 N–H and O–H groups in total. The summed E-state index contributed by atoms with van der Waals surface area (Å²) in [5.41, 5.74) is 2.22. The summed E-state index contributed by atoms with van der Waals surface area (Å²) in [6, 6.07) is 11.3. The van der Waals surface area contributed by atoms with Crippen LogP contribution >= 0.6 is 0 Å². The zero-order valence-corrected chi connectivity index (χ0v) is 15.9. The van der Waals surface area contributed by atoms with E-state index >= 15 is 0 Å². The van der Waals surface area contributed by atoms with Gasteiger partial charge in [0.1, 0.15) is 11.5 Å². The molecule has 0 aliphatic carbocycles. The Morgan fingerprint density at radius 2 is 1.74 bits per heavy atom.